The quantitative estimate of drug-likeness (QED) is 0.377. The molecule has 2 rings (SSSR count). The zero-order valence-electron chi connectivity index (χ0n) is 21.9. The minimum atomic E-state index is -0.950. The van der Waals surface area contributed by atoms with E-state index in [4.69, 9.17) is 4.74 Å². The summed E-state index contributed by atoms with van der Waals surface area (Å²) >= 11 is 4.33. The molecule has 3 amide bonds. The second-order valence-electron chi connectivity index (χ2n) is 9.73. The molecule has 0 saturated heterocycles. The van der Waals surface area contributed by atoms with Gasteiger partial charge in [0.2, 0.25) is 11.8 Å². The summed E-state index contributed by atoms with van der Waals surface area (Å²) in [6.07, 6.45) is 0.832. The van der Waals surface area contributed by atoms with Crippen molar-refractivity contribution < 1.29 is 19.1 Å². The van der Waals surface area contributed by atoms with Gasteiger partial charge in [-0.2, -0.15) is 12.6 Å². The molecule has 7 nitrogen and oxygen atoms in total. The molecule has 2 aromatic carbocycles. The molecule has 0 radical (unpaired) electrons. The van der Waals surface area contributed by atoms with Crippen molar-refractivity contribution in [1.82, 2.24) is 15.5 Å². The van der Waals surface area contributed by atoms with E-state index in [1.807, 2.05) is 68.4 Å². The molecule has 0 aliphatic carbocycles. The Morgan fingerprint density at radius 2 is 1.67 bits per heavy atom. The van der Waals surface area contributed by atoms with Crippen molar-refractivity contribution in [3.05, 3.63) is 71.3 Å². The van der Waals surface area contributed by atoms with Gasteiger partial charge in [0.05, 0.1) is 0 Å². The summed E-state index contributed by atoms with van der Waals surface area (Å²) in [5.74, 6) is -0.604. The normalized spacial score (nSPS) is 12.8. The number of aryl methyl sites for hydroxylation is 1. The van der Waals surface area contributed by atoms with Crippen LogP contribution in [-0.2, 0) is 20.9 Å². The van der Waals surface area contributed by atoms with Gasteiger partial charge in [-0.25, -0.2) is 4.79 Å². The zero-order valence-corrected chi connectivity index (χ0v) is 22.8. The van der Waals surface area contributed by atoms with Gasteiger partial charge < -0.3 is 20.3 Å². The Kier molecular flexibility index (Phi) is 11.3. The second kappa shape index (κ2) is 13.9. The number of hydrogen-bond donors (Lipinski definition) is 3. The summed E-state index contributed by atoms with van der Waals surface area (Å²) in [5, 5.41) is 5.64. The monoisotopic (exact) mass is 513 g/mol. The van der Waals surface area contributed by atoms with E-state index in [0.717, 1.165) is 23.1 Å². The van der Waals surface area contributed by atoms with E-state index in [9.17, 15) is 14.4 Å². The SMILES string of the molecule is CCCCN(C(=O)C(CS)NC(=O)OC(C)(C)C)C(C(=O)NCc1ccccc1)c1ccccc1C. The number of carbonyl (C=O) groups excluding carboxylic acids is 3. The molecule has 196 valence electrons. The average Bonchev–Trinajstić information content (AvgIpc) is 2.83. The maximum Gasteiger partial charge on any atom is 0.408 e. The molecule has 0 aliphatic heterocycles. The minimum Gasteiger partial charge on any atom is -0.444 e. The van der Waals surface area contributed by atoms with Gasteiger partial charge in [-0.05, 0) is 50.8 Å². The average molecular weight is 514 g/mol. The largest absolute Gasteiger partial charge is 0.444 e. The number of alkyl carbamates (subject to hydrolysis) is 1. The van der Waals surface area contributed by atoms with Crippen LogP contribution < -0.4 is 10.6 Å². The summed E-state index contributed by atoms with van der Waals surface area (Å²) in [5.41, 5.74) is 1.88. The first-order valence-corrected chi connectivity index (χ1v) is 13.0. The van der Waals surface area contributed by atoms with E-state index in [0.29, 0.717) is 19.5 Å². The van der Waals surface area contributed by atoms with Gasteiger partial charge >= 0.3 is 6.09 Å². The van der Waals surface area contributed by atoms with E-state index >= 15 is 0 Å². The van der Waals surface area contributed by atoms with Crippen LogP contribution in [0.1, 0.15) is 63.3 Å². The lowest BCUT2D eigenvalue weighted by Crippen LogP contribution is -2.54. The predicted octanol–water partition coefficient (Wildman–Crippen LogP) is 4.80. The number of thiol groups is 1. The lowest BCUT2D eigenvalue weighted by atomic mass is 9.97. The summed E-state index contributed by atoms with van der Waals surface area (Å²) in [4.78, 5) is 41.5. The number of carbonyl (C=O) groups is 3. The third kappa shape index (κ3) is 8.90. The number of ether oxygens (including phenoxy) is 1. The van der Waals surface area contributed by atoms with Gasteiger partial charge in [-0.3, -0.25) is 9.59 Å². The van der Waals surface area contributed by atoms with Crippen molar-refractivity contribution in [1.29, 1.82) is 0 Å². The third-order valence-corrected chi connectivity index (χ3v) is 5.93. The number of hydrogen-bond acceptors (Lipinski definition) is 5. The van der Waals surface area contributed by atoms with Gasteiger partial charge in [-0.1, -0.05) is 67.9 Å². The molecule has 0 spiro atoms. The summed E-state index contributed by atoms with van der Waals surface area (Å²) in [6.45, 7) is 9.90. The lowest BCUT2D eigenvalue weighted by Gasteiger charge is -2.35. The van der Waals surface area contributed by atoms with E-state index in [1.54, 1.807) is 25.7 Å². The van der Waals surface area contributed by atoms with Crippen molar-refractivity contribution in [2.45, 2.75) is 71.7 Å². The Hall–Kier alpha value is -3.00. The van der Waals surface area contributed by atoms with Crippen LogP contribution in [0, 0.1) is 6.92 Å². The number of benzene rings is 2. The van der Waals surface area contributed by atoms with E-state index in [-0.39, 0.29) is 17.6 Å². The molecule has 2 N–H and O–H groups in total. The van der Waals surface area contributed by atoms with Crippen molar-refractivity contribution in [3.8, 4) is 0 Å². The summed E-state index contributed by atoms with van der Waals surface area (Å²) < 4.78 is 5.35. The van der Waals surface area contributed by atoms with Gasteiger partial charge in [-0.15, -0.1) is 0 Å². The van der Waals surface area contributed by atoms with Crippen LogP contribution in [0.25, 0.3) is 0 Å². The molecule has 0 saturated carbocycles. The molecule has 0 aliphatic rings. The van der Waals surface area contributed by atoms with Crippen molar-refractivity contribution in [2.24, 2.45) is 0 Å². The number of nitrogens with one attached hydrogen (secondary N) is 2. The molecule has 2 unspecified atom stereocenters. The Morgan fingerprint density at radius 1 is 1.03 bits per heavy atom. The van der Waals surface area contributed by atoms with Crippen LogP contribution in [0.5, 0.6) is 0 Å². The van der Waals surface area contributed by atoms with Crippen molar-refractivity contribution in [3.63, 3.8) is 0 Å². The molecule has 2 atom stereocenters. The molecular formula is C28H39N3O4S. The highest BCUT2D eigenvalue weighted by atomic mass is 32.1. The maximum absolute atomic E-state index is 13.8. The number of nitrogens with zero attached hydrogens (tertiary/aromatic N) is 1. The highest BCUT2D eigenvalue weighted by Crippen LogP contribution is 2.26. The summed E-state index contributed by atoms with van der Waals surface area (Å²) in [6, 6.07) is 15.3. The second-order valence-corrected chi connectivity index (χ2v) is 10.1. The minimum absolute atomic E-state index is 0.0623. The molecule has 8 heteroatoms. The van der Waals surface area contributed by atoms with Crippen LogP contribution in [0.15, 0.2) is 54.6 Å². The molecule has 0 heterocycles. The standard InChI is InChI=1S/C28H39N3O4S/c1-6-7-17-31(26(33)23(19-36)30-27(34)35-28(3,4)5)24(22-16-12-11-13-20(22)2)25(32)29-18-21-14-9-8-10-15-21/h8-16,23-24,36H,6-7,17-19H2,1-5H3,(H,29,32)(H,30,34). The van der Waals surface area contributed by atoms with Crippen LogP contribution in [-0.4, -0.2) is 46.7 Å². The Labute approximate surface area is 220 Å². The Bertz CT molecular complexity index is 1010. The highest BCUT2D eigenvalue weighted by Gasteiger charge is 2.36. The van der Waals surface area contributed by atoms with Gasteiger partial charge in [0.1, 0.15) is 17.7 Å². The number of unbranched alkanes of at least 4 members (excludes halogenated alkanes) is 1. The van der Waals surface area contributed by atoms with Crippen LogP contribution in [0.2, 0.25) is 0 Å². The number of amides is 3. The predicted molar refractivity (Wildman–Crippen MR) is 146 cm³/mol. The highest BCUT2D eigenvalue weighted by molar-refractivity contribution is 7.80. The fourth-order valence-electron chi connectivity index (χ4n) is 3.76. The van der Waals surface area contributed by atoms with Gasteiger partial charge in [0.15, 0.2) is 0 Å². The van der Waals surface area contributed by atoms with E-state index in [1.165, 1.54) is 0 Å². The third-order valence-electron chi connectivity index (χ3n) is 5.56. The smallest absolute Gasteiger partial charge is 0.408 e. The Morgan fingerprint density at radius 3 is 2.25 bits per heavy atom. The fraction of sp³-hybridized carbons (Fsp3) is 0.464. The van der Waals surface area contributed by atoms with Crippen LogP contribution in [0.3, 0.4) is 0 Å². The molecule has 0 aromatic heterocycles. The van der Waals surface area contributed by atoms with E-state index in [2.05, 4.69) is 23.3 Å². The van der Waals surface area contributed by atoms with E-state index < -0.39 is 23.8 Å². The first-order chi connectivity index (χ1) is 17.1. The van der Waals surface area contributed by atoms with Crippen LogP contribution in [0.4, 0.5) is 4.79 Å². The molecule has 0 fully saturated rings. The fourth-order valence-corrected chi connectivity index (χ4v) is 4.00. The Balaban J connectivity index is 2.39. The first-order valence-electron chi connectivity index (χ1n) is 12.4. The topological polar surface area (TPSA) is 87.7 Å². The molecule has 2 aromatic rings. The number of rotatable bonds is 11. The zero-order chi connectivity index (χ0) is 26.7. The lowest BCUT2D eigenvalue weighted by molar-refractivity contribution is -0.142. The van der Waals surface area contributed by atoms with Gasteiger partial charge in [0.25, 0.3) is 0 Å². The van der Waals surface area contributed by atoms with Crippen molar-refractivity contribution >= 4 is 30.5 Å². The first kappa shape index (κ1) is 29.2. The molecular weight excluding hydrogens is 474 g/mol. The summed E-state index contributed by atoms with van der Waals surface area (Å²) in [7, 11) is 0. The van der Waals surface area contributed by atoms with Crippen LogP contribution >= 0.6 is 12.6 Å². The van der Waals surface area contributed by atoms with Crippen molar-refractivity contribution in [2.75, 3.05) is 12.3 Å². The molecule has 36 heavy (non-hydrogen) atoms. The maximum atomic E-state index is 13.8. The molecule has 0 bridgehead atoms. The van der Waals surface area contributed by atoms with Gasteiger partial charge in [0, 0.05) is 18.8 Å².